The van der Waals surface area contributed by atoms with Crippen molar-refractivity contribution in [3.63, 3.8) is 0 Å². The van der Waals surface area contributed by atoms with Crippen molar-refractivity contribution in [2.24, 2.45) is 17.8 Å². The summed E-state index contributed by atoms with van der Waals surface area (Å²) in [5, 5.41) is 16.2. The number of hydrogen-bond donors (Lipinski definition) is 2. The quantitative estimate of drug-likeness (QED) is 0.567. The van der Waals surface area contributed by atoms with Crippen molar-refractivity contribution >= 4 is 11.9 Å². The molecule has 0 saturated heterocycles. The molecule has 0 aliphatic heterocycles. The first-order valence-corrected chi connectivity index (χ1v) is 5.28. The van der Waals surface area contributed by atoms with E-state index in [2.05, 4.69) is 18.7 Å². The zero-order valence-corrected chi connectivity index (χ0v) is 9.00. The summed E-state index contributed by atoms with van der Waals surface area (Å²) >= 11 is 0. The number of carboxylic acids is 2. The Kier molecular flexibility index (Phi) is 4.28. The molecule has 2 N–H and O–H groups in total. The van der Waals surface area contributed by atoms with Crippen molar-refractivity contribution < 1.29 is 19.8 Å². The molecular formula is C12H16O4. The Labute approximate surface area is 94.3 Å². The maximum Gasteiger partial charge on any atom is 0.327 e. The van der Waals surface area contributed by atoms with Gasteiger partial charge < -0.3 is 10.2 Å². The highest BCUT2D eigenvalue weighted by molar-refractivity contribution is 5.78. The molecule has 1 saturated carbocycles. The topological polar surface area (TPSA) is 74.6 Å². The van der Waals surface area contributed by atoms with E-state index in [1.165, 1.54) is 6.42 Å². The summed E-state index contributed by atoms with van der Waals surface area (Å²) in [6.45, 7) is 2.96. The molecule has 2 aliphatic carbocycles. The van der Waals surface area contributed by atoms with Crippen LogP contribution >= 0.6 is 0 Å². The van der Waals surface area contributed by atoms with Gasteiger partial charge in [-0.15, -0.1) is 0 Å². The summed E-state index contributed by atoms with van der Waals surface area (Å²) in [7, 11) is 0. The Balaban J connectivity index is 0.000000221. The van der Waals surface area contributed by atoms with E-state index in [1.54, 1.807) is 0 Å². The second-order valence-electron chi connectivity index (χ2n) is 4.18. The zero-order chi connectivity index (χ0) is 12.1. The molecule has 0 spiro atoms. The van der Waals surface area contributed by atoms with Crippen LogP contribution in [0.5, 0.6) is 0 Å². The highest BCUT2D eigenvalue weighted by Gasteiger charge is 2.36. The fraction of sp³-hybridized carbons (Fsp3) is 0.500. The predicted octanol–water partition coefficient (Wildman–Crippen LogP) is 1.93. The van der Waals surface area contributed by atoms with E-state index < -0.39 is 11.9 Å². The summed E-state index contributed by atoms with van der Waals surface area (Å²) in [4.78, 5) is 19.7. The lowest BCUT2D eigenvalue weighted by atomic mass is 9.91. The standard InChI is InChI=1S/C9H12O2.C3H4O2/c10-9(11)5-8-4-6-1-2-7(8)3-6;1-2-3(4)5/h1-2,6-8H,3-5H2,(H,10,11);2H,1H2,(H,4,5). The summed E-state index contributed by atoms with van der Waals surface area (Å²) in [5.41, 5.74) is 0. The van der Waals surface area contributed by atoms with E-state index >= 15 is 0 Å². The molecule has 3 atom stereocenters. The predicted molar refractivity (Wildman–Crippen MR) is 58.9 cm³/mol. The minimum atomic E-state index is -0.981. The first-order valence-electron chi connectivity index (χ1n) is 5.28. The van der Waals surface area contributed by atoms with Crippen molar-refractivity contribution in [1.82, 2.24) is 0 Å². The molecule has 0 heterocycles. The van der Waals surface area contributed by atoms with Crippen molar-refractivity contribution in [3.05, 3.63) is 24.8 Å². The third-order valence-electron chi connectivity index (χ3n) is 3.03. The lowest BCUT2D eigenvalue weighted by molar-refractivity contribution is -0.138. The van der Waals surface area contributed by atoms with Crippen LogP contribution in [0.3, 0.4) is 0 Å². The molecule has 0 amide bonds. The van der Waals surface area contributed by atoms with Crippen LogP contribution in [0, 0.1) is 17.8 Å². The first kappa shape index (κ1) is 12.5. The Morgan fingerprint density at radius 1 is 1.31 bits per heavy atom. The summed E-state index contributed by atoms with van der Waals surface area (Å²) in [6.07, 6.45) is 7.95. The van der Waals surface area contributed by atoms with Crippen molar-refractivity contribution in [2.45, 2.75) is 19.3 Å². The van der Waals surface area contributed by atoms with Gasteiger partial charge in [0, 0.05) is 12.5 Å². The molecule has 0 aromatic rings. The molecule has 3 unspecified atom stereocenters. The van der Waals surface area contributed by atoms with Crippen LogP contribution in [0.2, 0.25) is 0 Å². The molecule has 1 fully saturated rings. The van der Waals surface area contributed by atoms with Crippen LogP contribution < -0.4 is 0 Å². The highest BCUT2D eigenvalue weighted by atomic mass is 16.4. The number of rotatable bonds is 3. The van der Waals surface area contributed by atoms with Gasteiger partial charge in [-0.1, -0.05) is 18.7 Å². The normalized spacial score (nSPS) is 29.4. The summed E-state index contributed by atoms with van der Waals surface area (Å²) in [6, 6.07) is 0. The molecule has 0 aromatic heterocycles. The molecule has 0 radical (unpaired) electrons. The third kappa shape index (κ3) is 3.53. The van der Waals surface area contributed by atoms with E-state index in [4.69, 9.17) is 10.2 Å². The second kappa shape index (κ2) is 5.49. The Morgan fingerprint density at radius 2 is 1.94 bits per heavy atom. The molecule has 16 heavy (non-hydrogen) atoms. The van der Waals surface area contributed by atoms with Crippen LogP contribution in [0.4, 0.5) is 0 Å². The van der Waals surface area contributed by atoms with Gasteiger partial charge in [-0.3, -0.25) is 4.79 Å². The minimum absolute atomic E-state index is 0.367. The fourth-order valence-electron chi connectivity index (χ4n) is 2.35. The van der Waals surface area contributed by atoms with Crippen molar-refractivity contribution in [3.8, 4) is 0 Å². The minimum Gasteiger partial charge on any atom is -0.481 e. The Morgan fingerprint density at radius 3 is 2.25 bits per heavy atom. The van der Waals surface area contributed by atoms with Gasteiger partial charge in [0.1, 0.15) is 0 Å². The van der Waals surface area contributed by atoms with Gasteiger partial charge in [-0.05, 0) is 30.6 Å². The molecule has 0 aromatic carbocycles. The van der Waals surface area contributed by atoms with Crippen LogP contribution in [0.15, 0.2) is 24.8 Å². The summed E-state index contributed by atoms with van der Waals surface area (Å²) in [5.74, 6) is 0.0869. The average Bonchev–Trinajstić information content (AvgIpc) is 2.79. The number of fused-ring (bicyclic) bond motifs is 2. The van der Waals surface area contributed by atoms with Crippen LogP contribution in [-0.4, -0.2) is 22.2 Å². The third-order valence-corrected chi connectivity index (χ3v) is 3.03. The van der Waals surface area contributed by atoms with E-state index in [1.807, 2.05) is 0 Å². The van der Waals surface area contributed by atoms with E-state index in [0.29, 0.717) is 24.2 Å². The van der Waals surface area contributed by atoms with E-state index in [0.717, 1.165) is 12.5 Å². The SMILES string of the molecule is C=CC(=O)O.O=C(O)CC1CC2C=CC1C2. The number of hydrogen-bond acceptors (Lipinski definition) is 2. The highest BCUT2D eigenvalue weighted by Crippen LogP contribution is 2.44. The molecule has 4 heteroatoms. The van der Waals surface area contributed by atoms with Gasteiger partial charge >= 0.3 is 11.9 Å². The Hall–Kier alpha value is -1.58. The van der Waals surface area contributed by atoms with Gasteiger partial charge in [-0.25, -0.2) is 4.79 Å². The molecule has 88 valence electrons. The first-order chi connectivity index (χ1) is 7.52. The maximum absolute atomic E-state index is 10.4. The van der Waals surface area contributed by atoms with E-state index in [9.17, 15) is 9.59 Å². The van der Waals surface area contributed by atoms with Crippen LogP contribution in [0.25, 0.3) is 0 Å². The zero-order valence-electron chi connectivity index (χ0n) is 9.00. The number of carbonyl (C=O) groups is 2. The van der Waals surface area contributed by atoms with Gasteiger partial charge in [0.2, 0.25) is 0 Å². The smallest absolute Gasteiger partial charge is 0.327 e. The molecular weight excluding hydrogens is 208 g/mol. The van der Waals surface area contributed by atoms with Crippen molar-refractivity contribution in [1.29, 1.82) is 0 Å². The Bertz CT molecular complexity index is 319. The van der Waals surface area contributed by atoms with Gasteiger partial charge in [-0.2, -0.15) is 0 Å². The van der Waals surface area contributed by atoms with Crippen LogP contribution in [0.1, 0.15) is 19.3 Å². The van der Waals surface area contributed by atoms with Crippen molar-refractivity contribution in [2.75, 3.05) is 0 Å². The number of carboxylic acid groups (broad SMARTS) is 2. The second-order valence-corrected chi connectivity index (χ2v) is 4.18. The molecule has 2 rings (SSSR count). The van der Waals surface area contributed by atoms with Gasteiger partial charge in [0.15, 0.2) is 0 Å². The lowest BCUT2D eigenvalue weighted by Gasteiger charge is -2.14. The van der Waals surface area contributed by atoms with Gasteiger partial charge in [0.25, 0.3) is 0 Å². The maximum atomic E-state index is 10.4. The number of aliphatic carboxylic acids is 2. The summed E-state index contributed by atoms with van der Waals surface area (Å²) < 4.78 is 0. The fourth-order valence-corrected chi connectivity index (χ4v) is 2.35. The molecule has 2 bridgehead atoms. The molecule has 4 nitrogen and oxygen atoms in total. The average molecular weight is 224 g/mol. The van der Waals surface area contributed by atoms with Gasteiger partial charge in [0.05, 0.1) is 0 Å². The lowest BCUT2D eigenvalue weighted by Crippen LogP contribution is -2.11. The monoisotopic (exact) mass is 224 g/mol. The molecule has 2 aliphatic rings. The van der Waals surface area contributed by atoms with E-state index in [-0.39, 0.29) is 0 Å². The number of allylic oxidation sites excluding steroid dienone is 2. The van der Waals surface area contributed by atoms with Crippen LogP contribution in [-0.2, 0) is 9.59 Å². The largest absolute Gasteiger partial charge is 0.481 e.